The maximum Gasteiger partial charge on any atom is 0.338 e. The molecule has 1 heterocycles. The lowest BCUT2D eigenvalue weighted by atomic mass is 9.98. The van der Waals surface area contributed by atoms with Crippen molar-refractivity contribution >= 4 is 11.8 Å². The maximum atomic E-state index is 11.7. The molecule has 1 aromatic heterocycles. The van der Waals surface area contributed by atoms with Crippen molar-refractivity contribution in [3.05, 3.63) is 17.7 Å². The van der Waals surface area contributed by atoms with Crippen molar-refractivity contribution in [2.75, 3.05) is 0 Å². The van der Waals surface area contributed by atoms with Crippen molar-refractivity contribution in [3.63, 3.8) is 0 Å². The Morgan fingerprint density at radius 2 is 2.06 bits per heavy atom. The van der Waals surface area contributed by atoms with Gasteiger partial charge in [-0.3, -0.25) is 4.79 Å². The first-order valence-corrected chi connectivity index (χ1v) is 5.18. The van der Waals surface area contributed by atoms with Crippen molar-refractivity contribution < 1.29 is 19.5 Å². The lowest BCUT2D eigenvalue weighted by Gasteiger charge is -2.17. The van der Waals surface area contributed by atoms with E-state index in [0.717, 1.165) is 4.73 Å². The van der Waals surface area contributed by atoms with E-state index >= 15 is 0 Å². The molecule has 94 valence electrons. The highest BCUT2D eigenvalue weighted by Gasteiger charge is 2.26. The van der Waals surface area contributed by atoms with Crippen LogP contribution in [0.3, 0.4) is 0 Å². The average molecular weight is 240 g/mol. The Balaban J connectivity index is 3.08. The summed E-state index contributed by atoms with van der Waals surface area (Å²) in [7, 11) is 0. The van der Waals surface area contributed by atoms with Gasteiger partial charge >= 0.3 is 5.97 Å². The topological polar surface area (TPSA) is 81.4 Å². The Hall–Kier alpha value is -1.69. The van der Waals surface area contributed by atoms with Gasteiger partial charge < -0.3 is 9.94 Å². The number of nitrogens with zero attached hydrogens (tertiary/aromatic N) is 2. The smallest absolute Gasteiger partial charge is 0.338 e. The molecule has 6 nitrogen and oxygen atoms in total. The van der Waals surface area contributed by atoms with Gasteiger partial charge in [-0.1, -0.05) is 0 Å². The number of imidazole rings is 1. The van der Waals surface area contributed by atoms with Gasteiger partial charge in [-0.15, -0.1) is 0 Å². The van der Waals surface area contributed by atoms with Crippen LogP contribution in [-0.2, 0) is 11.4 Å². The van der Waals surface area contributed by atoms with Gasteiger partial charge in [0.1, 0.15) is 5.69 Å². The van der Waals surface area contributed by atoms with Crippen molar-refractivity contribution in [2.45, 2.75) is 34.3 Å². The molecule has 1 aromatic rings. The van der Waals surface area contributed by atoms with E-state index in [1.807, 2.05) is 0 Å². The minimum Gasteiger partial charge on any atom is -0.390 e. The normalized spacial score (nSPS) is 11.4. The van der Waals surface area contributed by atoms with Gasteiger partial charge in [-0.25, -0.2) is 9.78 Å². The van der Waals surface area contributed by atoms with Crippen molar-refractivity contribution in [2.24, 2.45) is 5.41 Å². The molecule has 0 aliphatic rings. The summed E-state index contributed by atoms with van der Waals surface area (Å²) in [6.45, 7) is 6.03. The molecule has 1 rings (SSSR count). The van der Waals surface area contributed by atoms with Gasteiger partial charge in [0.25, 0.3) is 0 Å². The molecule has 0 atom stereocenters. The number of aliphatic hydroxyl groups excluding tert-OH is 1. The molecule has 0 amide bonds. The van der Waals surface area contributed by atoms with Gasteiger partial charge in [-0.2, -0.15) is 4.73 Å². The molecular formula is C11H16N2O4. The fraction of sp³-hybridized carbons (Fsp3) is 0.545. The highest BCUT2D eigenvalue weighted by atomic mass is 16.7. The Bertz CT molecular complexity index is 443. The number of carbonyl (C=O) groups is 2. The van der Waals surface area contributed by atoms with Crippen molar-refractivity contribution in [1.29, 1.82) is 0 Å². The molecule has 0 bridgehead atoms. The number of aliphatic hydroxyl groups is 1. The Morgan fingerprint density at radius 3 is 2.47 bits per heavy atom. The van der Waals surface area contributed by atoms with E-state index in [9.17, 15) is 9.59 Å². The summed E-state index contributed by atoms with van der Waals surface area (Å²) < 4.78 is 0.982. The zero-order valence-electron chi connectivity index (χ0n) is 10.4. The third-order valence-corrected chi connectivity index (χ3v) is 2.05. The van der Waals surface area contributed by atoms with Crippen LogP contribution >= 0.6 is 0 Å². The molecule has 0 unspecified atom stereocenters. The first-order valence-electron chi connectivity index (χ1n) is 5.18. The molecule has 0 spiro atoms. The number of hydrogen-bond donors (Lipinski definition) is 1. The van der Waals surface area contributed by atoms with Gasteiger partial charge in [-0.05, 0) is 20.8 Å². The number of Topliss-reactive ketones (excluding diaryl/α,β-unsaturated/α-hetero) is 1. The molecule has 0 aromatic carbocycles. The predicted octanol–water partition coefficient (Wildman–Crippen LogP) is 0.579. The van der Waals surface area contributed by atoms with Crippen LogP contribution in [0.2, 0.25) is 0 Å². The van der Waals surface area contributed by atoms with Crippen LogP contribution in [0.5, 0.6) is 0 Å². The van der Waals surface area contributed by atoms with Crippen LogP contribution in [0.4, 0.5) is 0 Å². The molecule has 17 heavy (non-hydrogen) atoms. The van der Waals surface area contributed by atoms with Crippen LogP contribution in [-0.4, -0.2) is 26.6 Å². The van der Waals surface area contributed by atoms with E-state index in [4.69, 9.17) is 9.94 Å². The summed E-state index contributed by atoms with van der Waals surface area (Å²) >= 11 is 0. The molecule has 1 N–H and O–H groups in total. The summed E-state index contributed by atoms with van der Waals surface area (Å²) in [5.74, 6) is -0.856. The average Bonchev–Trinajstić information content (AvgIpc) is 2.59. The number of aromatic nitrogens is 2. The van der Waals surface area contributed by atoms with Gasteiger partial charge in [0, 0.05) is 6.92 Å². The Kier molecular flexibility index (Phi) is 3.67. The van der Waals surface area contributed by atoms with Crippen LogP contribution in [0.15, 0.2) is 6.20 Å². The maximum absolute atomic E-state index is 11.7. The largest absolute Gasteiger partial charge is 0.390 e. The summed E-state index contributed by atoms with van der Waals surface area (Å²) in [4.78, 5) is 31.8. The van der Waals surface area contributed by atoms with Crippen LogP contribution in [0, 0.1) is 5.41 Å². The standard InChI is InChI=1S/C11H16N2O4/c1-7(15)9-12-5-8(6-14)13(9)17-10(16)11(2,3)4/h5,14H,6H2,1-4H3. The number of ketones is 1. The van der Waals surface area contributed by atoms with Gasteiger partial charge in [0.05, 0.1) is 18.2 Å². The highest BCUT2D eigenvalue weighted by molar-refractivity contribution is 5.90. The summed E-state index contributed by atoms with van der Waals surface area (Å²) in [5.41, 5.74) is -0.446. The van der Waals surface area contributed by atoms with E-state index in [0.29, 0.717) is 0 Å². The third kappa shape index (κ3) is 2.91. The van der Waals surface area contributed by atoms with Crippen LogP contribution in [0.25, 0.3) is 0 Å². The number of hydrogen-bond acceptors (Lipinski definition) is 5. The second kappa shape index (κ2) is 4.67. The predicted molar refractivity (Wildman–Crippen MR) is 59.2 cm³/mol. The van der Waals surface area contributed by atoms with Gasteiger partial charge in [0.15, 0.2) is 5.78 Å². The van der Waals surface area contributed by atoms with Gasteiger partial charge in [0.2, 0.25) is 5.82 Å². The number of carbonyl (C=O) groups excluding carboxylic acids is 2. The van der Waals surface area contributed by atoms with E-state index in [2.05, 4.69) is 4.98 Å². The summed E-state index contributed by atoms with van der Waals surface area (Å²) in [6.07, 6.45) is 1.30. The summed E-state index contributed by atoms with van der Waals surface area (Å²) in [5, 5.41) is 9.07. The van der Waals surface area contributed by atoms with Crippen LogP contribution in [0.1, 0.15) is 44.0 Å². The Morgan fingerprint density at radius 1 is 1.47 bits per heavy atom. The summed E-state index contributed by atoms with van der Waals surface area (Å²) in [6, 6.07) is 0. The second-order valence-corrected chi connectivity index (χ2v) is 4.71. The highest BCUT2D eigenvalue weighted by Crippen LogP contribution is 2.15. The van der Waals surface area contributed by atoms with E-state index in [1.165, 1.54) is 13.1 Å². The molecule has 0 saturated carbocycles. The zero-order valence-corrected chi connectivity index (χ0v) is 10.4. The SMILES string of the molecule is CC(=O)c1ncc(CO)n1OC(=O)C(C)(C)C. The minimum atomic E-state index is -0.703. The molecule has 6 heteroatoms. The molecular weight excluding hydrogens is 224 g/mol. The van der Waals surface area contributed by atoms with Crippen LogP contribution < -0.4 is 4.84 Å². The van der Waals surface area contributed by atoms with Crippen molar-refractivity contribution in [1.82, 2.24) is 9.71 Å². The quantitative estimate of drug-likeness (QED) is 0.781. The molecule has 0 aliphatic heterocycles. The molecule has 0 saturated heterocycles. The Labute approximate surface area is 99.2 Å². The second-order valence-electron chi connectivity index (χ2n) is 4.71. The first kappa shape index (κ1) is 13.4. The molecule has 0 aliphatic carbocycles. The fourth-order valence-corrected chi connectivity index (χ4v) is 1.04. The third-order valence-electron chi connectivity index (χ3n) is 2.05. The minimum absolute atomic E-state index is 0.00773. The number of rotatable bonds is 3. The lowest BCUT2D eigenvalue weighted by Crippen LogP contribution is -2.33. The molecule has 0 radical (unpaired) electrons. The first-order chi connectivity index (χ1) is 7.77. The lowest BCUT2D eigenvalue weighted by molar-refractivity contribution is -0.154. The monoisotopic (exact) mass is 240 g/mol. The van der Waals surface area contributed by atoms with E-state index in [-0.39, 0.29) is 23.9 Å². The fourth-order valence-electron chi connectivity index (χ4n) is 1.04. The van der Waals surface area contributed by atoms with E-state index in [1.54, 1.807) is 20.8 Å². The molecule has 0 fully saturated rings. The van der Waals surface area contributed by atoms with Crippen molar-refractivity contribution in [3.8, 4) is 0 Å². The van der Waals surface area contributed by atoms with E-state index < -0.39 is 11.4 Å². The zero-order chi connectivity index (χ0) is 13.2.